The first kappa shape index (κ1) is 19.1. The summed E-state index contributed by atoms with van der Waals surface area (Å²) < 4.78 is 22.9. The maximum absolute atomic E-state index is 11.4. The molecule has 1 aliphatic rings. The maximum atomic E-state index is 11.4. The summed E-state index contributed by atoms with van der Waals surface area (Å²) in [6.07, 6.45) is 1.78. The van der Waals surface area contributed by atoms with Gasteiger partial charge in [0.15, 0.2) is 0 Å². The van der Waals surface area contributed by atoms with Gasteiger partial charge in [-0.2, -0.15) is 0 Å². The number of hydrogen-bond donors (Lipinski definition) is 2. The molecule has 0 saturated carbocycles. The number of nitrogens with zero attached hydrogens (tertiary/aromatic N) is 2. The van der Waals surface area contributed by atoms with Gasteiger partial charge in [-0.1, -0.05) is 23.7 Å². The lowest BCUT2D eigenvalue weighted by molar-refractivity contribution is -0.758. The third-order valence-corrected chi connectivity index (χ3v) is 5.00. The van der Waals surface area contributed by atoms with Crippen molar-refractivity contribution in [2.24, 2.45) is 5.14 Å². The topological polar surface area (TPSA) is 128 Å². The summed E-state index contributed by atoms with van der Waals surface area (Å²) >= 11 is 5.93. The van der Waals surface area contributed by atoms with Crippen LogP contribution in [0.2, 0.25) is 5.02 Å². The van der Waals surface area contributed by atoms with E-state index in [4.69, 9.17) is 16.7 Å². The minimum absolute atomic E-state index is 0.0179. The normalized spacial score (nSPS) is 16.9. The molecule has 3 N–H and O–H groups in total. The van der Waals surface area contributed by atoms with Crippen LogP contribution in [0.1, 0.15) is 5.56 Å². The van der Waals surface area contributed by atoms with Crippen LogP contribution in [0, 0.1) is 10.1 Å². The van der Waals surface area contributed by atoms with Gasteiger partial charge in [-0.05, 0) is 48.0 Å². The van der Waals surface area contributed by atoms with E-state index in [1.54, 1.807) is 47.5 Å². The number of hydrazine groups is 1. The SMILES string of the molecule is NS(=O)(=O)c1ccc(N2NC(CO[N+](=O)[O-])C=C2c2ccc(Cl)cc2)cc1. The van der Waals surface area contributed by atoms with Crippen molar-refractivity contribution >= 4 is 33.0 Å². The molecule has 2 aromatic carbocycles. The van der Waals surface area contributed by atoms with E-state index < -0.39 is 21.2 Å². The highest BCUT2D eigenvalue weighted by Gasteiger charge is 2.26. The molecule has 0 radical (unpaired) electrons. The average Bonchev–Trinajstić information content (AvgIpc) is 3.04. The number of primary sulfonamides is 1. The Kier molecular flexibility index (Phi) is 5.33. The van der Waals surface area contributed by atoms with Gasteiger partial charge in [0, 0.05) is 5.02 Å². The predicted molar refractivity (Wildman–Crippen MR) is 99.6 cm³/mol. The van der Waals surface area contributed by atoms with Crippen molar-refractivity contribution in [3.05, 3.63) is 75.3 Å². The van der Waals surface area contributed by atoms with Crippen LogP contribution in [0.15, 0.2) is 59.5 Å². The number of sulfonamides is 1. The Morgan fingerprint density at radius 2 is 1.81 bits per heavy atom. The molecule has 0 fully saturated rings. The number of benzene rings is 2. The number of anilines is 1. The summed E-state index contributed by atoms with van der Waals surface area (Å²) in [6.45, 7) is -0.185. The fourth-order valence-electron chi connectivity index (χ4n) is 2.61. The molecule has 0 bridgehead atoms. The molecule has 27 heavy (non-hydrogen) atoms. The molecule has 0 spiro atoms. The summed E-state index contributed by atoms with van der Waals surface area (Å²) in [6, 6.07) is 12.5. The van der Waals surface area contributed by atoms with Gasteiger partial charge in [0.25, 0.3) is 5.09 Å². The Labute approximate surface area is 160 Å². The number of halogens is 1. The minimum Gasteiger partial charge on any atom is -0.312 e. The smallest absolute Gasteiger partial charge is 0.294 e. The average molecular weight is 411 g/mol. The molecular formula is C16H15ClN4O5S. The van der Waals surface area contributed by atoms with Gasteiger partial charge in [-0.3, -0.25) is 5.01 Å². The second-order valence-corrected chi connectivity index (χ2v) is 7.69. The molecule has 0 aliphatic carbocycles. The van der Waals surface area contributed by atoms with Crippen LogP contribution in [0.4, 0.5) is 5.69 Å². The van der Waals surface area contributed by atoms with Crippen LogP contribution in [-0.2, 0) is 14.9 Å². The van der Waals surface area contributed by atoms with Crippen LogP contribution >= 0.6 is 11.6 Å². The second kappa shape index (κ2) is 7.53. The molecule has 142 valence electrons. The Morgan fingerprint density at radius 3 is 2.37 bits per heavy atom. The highest BCUT2D eigenvalue weighted by atomic mass is 35.5. The molecule has 3 rings (SSSR count). The summed E-state index contributed by atoms with van der Waals surface area (Å²) in [7, 11) is -3.81. The minimum atomic E-state index is -3.81. The lowest BCUT2D eigenvalue weighted by Crippen LogP contribution is -2.39. The van der Waals surface area contributed by atoms with Crippen molar-refractivity contribution in [1.82, 2.24) is 5.43 Å². The van der Waals surface area contributed by atoms with E-state index in [0.29, 0.717) is 16.4 Å². The molecule has 2 aromatic rings. The lowest BCUT2D eigenvalue weighted by atomic mass is 10.1. The first-order valence-corrected chi connectivity index (χ1v) is 9.61. The molecule has 0 saturated heterocycles. The van der Waals surface area contributed by atoms with Crippen molar-refractivity contribution in [3.63, 3.8) is 0 Å². The van der Waals surface area contributed by atoms with Crippen LogP contribution in [0.5, 0.6) is 0 Å². The first-order chi connectivity index (χ1) is 12.7. The zero-order valence-corrected chi connectivity index (χ0v) is 15.4. The number of nitrogens with one attached hydrogen (secondary N) is 1. The number of hydrogen-bond acceptors (Lipinski definition) is 7. The number of rotatable bonds is 6. The monoisotopic (exact) mass is 410 g/mol. The van der Waals surface area contributed by atoms with Crippen molar-refractivity contribution < 1.29 is 18.3 Å². The van der Waals surface area contributed by atoms with Crippen LogP contribution in [0.25, 0.3) is 5.70 Å². The molecule has 9 nitrogen and oxygen atoms in total. The molecule has 1 unspecified atom stereocenters. The van der Waals surface area contributed by atoms with E-state index in [0.717, 1.165) is 5.56 Å². The van der Waals surface area contributed by atoms with Gasteiger partial charge in [-0.15, -0.1) is 10.1 Å². The molecule has 0 aromatic heterocycles. The standard InChI is InChI=1S/C16H15ClN4O5S/c17-12-3-1-11(2-4-12)16-9-13(10-26-21(22)23)19-20(16)14-5-7-15(8-6-14)27(18,24)25/h1-9,13,19H,10H2,(H2,18,24,25). The molecule has 1 heterocycles. The lowest BCUT2D eigenvalue weighted by Gasteiger charge is -2.24. The highest BCUT2D eigenvalue weighted by Crippen LogP contribution is 2.30. The Morgan fingerprint density at radius 1 is 1.19 bits per heavy atom. The summed E-state index contributed by atoms with van der Waals surface area (Å²) in [4.78, 5) is 14.9. The van der Waals surface area contributed by atoms with Crippen molar-refractivity contribution in [2.75, 3.05) is 11.6 Å². The van der Waals surface area contributed by atoms with Gasteiger partial charge in [0.2, 0.25) is 10.0 Å². The number of nitrogens with two attached hydrogens (primary N) is 1. The fraction of sp³-hybridized carbons (Fsp3) is 0.125. The first-order valence-electron chi connectivity index (χ1n) is 7.68. The highest BCUT2D eigenvalue weighted by molar-refractivity contribution is 7.89. The van der Waals surface area contributed by atoms with Crippen molar-refractivity contribution in [3.8, 4) is 0 Å². The van der Waals surface area contributed by atoms with Gasteiger partial charge in [0.05, 0.1) is 22.3 Å². The van der Waals surface area contributed by atoms with Crippen molar-refractivity contribution in [1.29, 1.82) is 0 Å². The second-order valence-electron chi connectivity index (χ2n) is 5.69. The van der Waals surface area contributed by atoms with Gasteiger partial charge >= 0.3 is 0 Å². The van der Waals surface area contributed by atoms with E-state index in [-0.39, 0.29) is 11.5 Å². The fourth-order valence-corrected chi connectivity index (χ4v) is 3.25. The summed E-state index contributed by atoms with van der Waals surface area (Å²) in [5, 5.41) is 17.0. The molecule has 1 atom stereocenters. The van der Waals surface area contributed by atoms with Crippen LogP contribution in [0.3, 0.4) is 0 Å². The Balaban J connectivity index is 1.92. The third kappa shape index (κ3) is 4.55. The van der Waals surface area contributed by atoms with Crippen molar-refractivity contribution in [2.45, 2.75) is 10.9 Å². The Bertz CT molecular complexity index is 977. The van der Waals surface area contributed by atoms with E-state index in [9.17, 15) is 18.5 Å². The predicted octanol–water partition coefficient (Wildman–Crippen LogP) is 1.93. The molecule has 0 amide bonds. The summed E-state index contributed by atoms with van der Waals surface area (Å²) in [5.74, 6) is 0. The van der Waals surface area contributed by atoms with Crippen LogP contribution in [-0.4, -0.2) is 26.2 Å². The molecule has 11 heteroatoms. The summed E-state index contributed by atoms with van der Waals surface area (Å²) in [5.41, 5.74) is 5.23. The van der Waals surface area contributed by atoms with E-state index >= 15 is 0 Å². The third-order valence-electron chi connectivity index (χ3n) is 3.82. The van der Waals surface area contributed by atoms with Crippen LogP contribution < -0.4 is 15.6 Å². The quantitative estimate of drug-likeness (QED) is 0.550. The van der Waals surface area contributed by atoms with E-state index in [1.165, 1.54) is 12.1 Å². The van der Waals surface area contributed by atoms with Gasteiger partial charge in [-0.25, -0.2) is 19.0 Å². The van der Waals surface area contributed by atoms with E-state index in [2.05, 4.69) is 10.3 Å². The largest absolute Gasteiger partial charge is 0.312 e. The van der Waals surface area contributed by atoms with E-state index in [1.807, 2.05) is 0 Å². The molecule has 1 aliphatic heterocycles. The molecular weight excluding hydrogens is 396 g/mol. The maximum Gasteiger partial charge on any atom is 0.294 e. The van der Waals surface area contributed by atoms with Gasteiger partial charge in [0.1, 0.15) is 6.61 Å². The zero-order chi connectivity index (χ0) is 19.6. The Hall–Kier alpha value is -2.66. The zero-order valence-electron chi connectivity index (χ0n) is 13.8. The van der Waals surface area contributed by atoms with Gasteiger partial charge < -0.3 is 4.84 Å².